The zero-order valence-electron chi connectivity index (χ0n) is 36.6. The van der Waals surface area contributed by atoms with Crippen LogP contribution in [-0.2, 0) is 28.8 Å². The predicted molar refractivity (Wildman–Crippen MR) is 237 cm³/mol. The van der Waals surface area contributed by atoms with Gasteiger partial charge in [0.1, 0.15) is 11.5 Å². The number of hydrogen-bond acceptors (Lipinski definition) is 10. The first kappa shape index (κ1) is 49.0. The molecule has 3 aromatic carbocycles. The lowest BCUT2D eigenvalue weighted by atomic mass is 9.77. The Morgan fingerprint density at radius 3 is 1.62 bits per heavy atom. The molecule has 10 nitrogen and oxygen atoms in total. The first-order valence-electron chi connectivity index (χ1n) is 23.2. The van der Waals surface area contributed by atoms with Gasteiger partial charge in [0.15, 0.2) is 0 Å². The van der Waals surface area contributed by atoms with E-state index < -0.39 is 5.97 Å². The first-order chi connectivity index (χ1) is 29.9. The summed E-state index contributed by atoms with van der Waals surface area (Å²) in [7, 11) is 0. The van der Waals surface area contributed by atoms with E-state index in [-0.39, 0.29) is 30.7 Å². The minimum absolute atomic E-state index is 0.0291. The van der Waals surface area contributed by atoms with Gasteiger partial charge in [-0.25, -0.2) is 9.59 Å². The number of esters is 3. The molecule has 0 atom stereocenters. The zero-order valence-corrected chi connectivity index (χ0v) is 36.6. The molecule has 3 aromatic rings. The molecule has 4 rings (SSSR count). The fraction of sp³-hybridized carbons (Fsp3) is 0.569. The maximum absolute atomic E-state index is 12.8. The van der Waals surface area contributed by atoms with Crippen LogP contribution in [0.4, 0.5) is 0 Å². The fourth-order valence-corrected chi connectivity index (χ4v) is 7.64. The summed E-state index contributed by atoms with van der Waals surface area (Å²) in [5.41, 5.74) is 2.29. The number of hydrogen-bond donors (Lipinski definition) is 0. The largest absolute Gasteiger partial charge is 0.494 e. The van der Waals surface area contributed by atoms with Crippen LogP contribution in [0.2, 0.25) is 0 Å². The van der Waals surface area contributed by atoms with Crippen molar-refractivity contribution in [2.75, 3.05) is 26.4 Å². The molecule has 0 aliphatic heterocycles. The van der Waals surface area contributed by atoms with Gasteiger partial charge in [-0.1, -0.05) is 114 Å². The number of rotatable bonds is 31. The van der Waals surface area contributed by atoms with Gasteiger partial charge in [-0.3, -0.25) is 14.5 Å². The normalized spacial score (nSPS) is 14.8. The maximum Gasteiger partial charge on any atom is 0.373 e. The molecule has 0 unspecified atom stereocenters. The van der Waals surface area contributed by atoms with Gasteiger partial charge in [0.05, 0.1) is 50.4 Å². The average molecular weight is 843 g/mol. The van der Waals surface area contributed by atoms with E-state index in [1.54, 1.807) is 36.4 Å². The van der Waals surface area contributed by atoms with Crippen LogP contribution in [0.1, 0.15) is 180 Å². The van der Waals surface area contributed by atoms with Gasteiger partial charge >= 0.3 is 23.9 Å². The second-order valence-corrected chi connectivity index (χ2v) is 16.3. The smallest absolute Gasteiger partial charge is 0.373 e. The third-order valence-corrected chi connectivity index (χ3v) is 11.3. The Morgan fingerprint density at radius 1 is 0.508 bits per heavy atom. The zero-order chi connectivity index (χ0) is 43.2. The summed E-state index contributed by atoms with van der Waals surface area (Å²) in [4.78, 5) is 58.4. The highest BCUT2D eigenvalue weighted by Gasteiger charge is 2.22. The van der Waals surface area contributed by atoms with Crippen molar-refractivity contribution in [3.05, 3.63) is 95.6 Å². The van der Waals surface area contributed by atoms with Crippen LogP contribution in [0.15, 0.2) is 78.9 Å². The van der Waals surface area contributed by atoms with Crippen molar-refractivity contribution in [3.8, 4) is 11.5 Å². The monoisotopic (exact) mass is 842 g/mol. The molecule has 1 saturated carbocycles. The molecule has 0 aromatic heterocycles. The molecule has 0 saturated heterocycles. The Labute approximate surface area is 364 Å². The molecule has 61 heavy (non-hydrogen) atoms. The second-order valence-electron chi connectivity index (χ2n) is 16.3. The number of ether oxygens (including phenoxy) is 4. The van der Waals surface area contributed by atoms with E-state index in [0.717, 1.165) is 88.7 Å². The van der Waals surface area contributed by atoms with E-state index in [4.69, 9.17) is 28.7 Å². The molecule has 10 heteroatoms. The quantitative estimate of drug-likeness (QED) is 0.0203. The van der Waals surface area contributed by atoms with Gasteiger partial charge in [0.2, 0.25) is 0 Å². The molecule has 1 aliphatic carbocycles. The molecule has 1 fully saturated rings. The van der Waals surface area contributed by atoms with E-state index in [2.05, 4.69) is 19.1 Å². The van der Waals surface area contributed by atoms with Crippen molar-refractivity contribution in [1.29, 1.82) is 0 Å². The van der Waals surface area contributed by atoms with Crippen LogP contribution in [0.3, 0.4) is 0 Å². The third-order valence-electron chi connectivity index (χ3n) is 11.3. The molecule has 0 spiro atoms. The molecule has 0 N–H and O–H groups in total. The van der Waals surface area contributed by atoms with Crippen LogP contribution in [-0.4, -0.2) is 50.3 Å². The number of benzene rings is 3. The van der Waals surface area contributed by atoms with Gasteiger partial charge in [-0.15, -0.1) is 0 Å². The minimum Gasteiger partial charge on any atom is -0.494 e. The van der Waals surface area contributed by atoms with Crippen molar-refractivity contribution in [2.45, 2.75) is 154 Å². The third kappa shape index (κ3) is 21.1. The second kappa shape index (κ2) is 30.3. The summed E-state index contributed by atoms with van der Waals surface area (Å²) in [6.07, 6.45) is 21.9. The highest BCUT2D eigenvalue weighted by atomic mass is 17.2. The molecular formula is C51H70O10. The highest BCUT2D eigenvalue weighted by Crippen LogP contribution is 2.38. The standard InChI is InChI=1S/C51H70O10/c1-2-3-13-20-41-23-25-42(26-24-41)43-27-33-47(34-28-43)60-50(54)45-29-31-46(32-30-45)56-37-16-8-4-5-9-17-38-57-48(52)35-36-49(53)58-39-18-10-6-7-11-19-40-59-61-51(55)44-21-14-12-15-22-44/h12,14-15,21-22,27-34,41-42H,2-11,13,16-20,23-26,35-40H2,1H3/t41-,42-. The lowest BCUT2D eigenvalue weighted by molar-refractivity contribution is -0.241. The summed E-state index contributed by atoms with van der Waals surface area (Å²) in [6.45, 7) is 3.93. The van der Waals surface area contributed by atoms with Crippen molar-refractivity contribution in [1.82, 2.24) is 0 Å². The van der Waals surface area contributed by atoms with E-state index >= 15 is 0 Å². The van der Waals surface area contributed by atoms with Crippen molar-refractivity contribution in [3.63, 3.8) is 0 Å². The Hall–Kier alpha value is -4.70. The van der Waals surface area contributed by atoms with Crippen molar-refractivity contribution in [2.24, 2.45) is 5.92 Å². The maximum atomic E-state index is 12.8. The van der Waals surface area contributed by atoms with E-state index in [1.165, 1.54) is 56.9 Å². The van der Waals surface area contributed by atoms with Gasteiger partial charge in [-0.2, -0.15) is 4.89 Å². The first-order valence-corrected chi connectivity index (χ1v) is 23.2. The van der Waals surface area contributed by atoms with Crippen molar-refractivity contribution < 1.29 is 47.9 Å². The summed E-state index contributed by atoms with van der Waals surface area (Å²) < 4.78 is 22.1. The van der Waals surface area contributed by atoms with E-state index in [1.807, 2.05) is 30.3 Å². The Balaban J connectivity index is 0.898. The topological polar surface area (TPSA) is 124 Å². The lowest BCUT2D eigenvalue weighted by Gasteiger charge is -2.29. The molecule has 0 heterocycles. The fourth-order valence-electron chi connectivity index (χ4n) is 7.64. The summed E-state index contributed by atoms with van der Waals surface area (Å²) in [6, 6.07) is 23.9. The van der Waals surface area contributed by atoms with Gasteiger partial charge < -0.3 is 18.9 Å². The summed E-state index contributed by atoms with van der Waals surface area (Å²) >= 11 is 0. The number of unbranched alkanes of at least 4 members (excludes halogenated alkanes) is 12. The molecule has 334 valence electrons. The van der Waals surface area contributed by atoms with Crippen molar-refractivity contribution >= 4 is 23.9 Å². The number of carbonyl (C=O) groups excluding carboxylic acids is 4. The molecule has 0 amide bonds. The summed E-state index contributed by atoms with van der Waals surface area (Å²) in [5.74, 6) is 1.17. The SMILES string of the molecule is CCCCC[C@H]1CC[C@H](c2ccc(OC(=O)c3ccc(OCCCCCCCCOC(=O)CCC(=O)OCCCCCCCCOOC(=O)c4ccccc4)cc3)cc2)CC1. The van der Waals surface area contributed by atoms with Gasteiger partial charge in [0.25, 0.3) is 0 Å². The average Bonchev–Trinajstić information content (AvgIpc) is 3.29. The number of carbonyl (C=O) groups is 4. The molecule has 0 radical (unpaired) electrons. The predicted octanol–water partition coefficient (Wildman–Crippen LogP) is 12.5. The molecule has 0 bridgehead atoms. The van der Waals surface area contributed by atoms with Crippen LogP contribution in [0.25, 0.3) is 0 Å². The highest BCUT2D eigenvalue weighted by molar-refractivity contribution is 5.91. The van der Waals surface area contributed by atoms with Crippen LogP contribution in [0.5, 0.6) is 11.5 Å². The van der Waals surface area contributed by atoms with Gasteiger partial charge in [-0.05, 0) is 117 Å². The minimum atomic E-state index is -0.496. The molecule has 1 aliphatic rings. The lowest BCUT2D eigenvalue weighted by Crippen LogP contribution is -2.13. The Morgan fingerprint density at radius 2 is 1.03 bits per heavy atom. The van der Waals surface area contributed by atoms with Gasteiger partial charge in [0, 0.05) is 0 Å². The van der Waals surface area contributed by atoms with Crippen LogP contribution >= 0.6 is 0 Å². The van der Waals surface area contributed by atoms with Crippen LogP contribution in [0, 0.1) is 5.92 Å². The summed E-state index contributed by atoms with van der Waals surface area (Å²) in [5, 5.41) is 0. The Kier molecular flexibility index (Phi) is 24.4. The van der Waals surface area contributed by atoms with Crippen LogP contribution < -0.4 is 9.47 Å². The van der Waals surface area contributed by atoms with E-state index in [0.29, 0.717) is 49.2 Å². The Bertz CT molecular complexity index is 1650. The van der Waals surface area contributed by atoms with E-state index in [9.17, 15) is 19.2 Å². The molecular weight excluding hydrogens is 773 g/mol.